The van der Waals surface area contributed by atoms with Gasteiger partial charge in [0.2, 0.25) is 11.1 Å². The predicted molar refractivity (Wildman–Crippen MR) is 66.5 cm³/mol. The standard InChI is InChI=1S/C13H9F3N2O3/c1-7-6-18(17-10(11(7)19)12(20)21)9-5-3-2-4-8(9)13(14,15)16/h2-6H,1H3,(H,20,21). The van der Waals surface area contributed by atoms with Gasteiger partial charge in [-0.3, -0.25) is 4.79 Å². The Hall–Kier alpha value is -2.64. The summed E-state index contributed by atoms with van der Waals surface area (Å²) in [6, 6.07) is 4.57. The van der Waals surface area contributed by atoms with Crippen molar-refractivity contribution >= 4 is 5.97 Å². The van der Waals surface area contributed by atoms with Crippen molar-refractivity contribution in [1.82, 2.24) is 9.78 Å². The molecule has 1 N–H and O–H groups in total. The summed E-state index contributed by atoms with van der Waals surface area (Å²) in [5.41, 5.74) is -3.00. The maximum absolute atomic E-state index is 13.0. The molecule has 8 heteroatoms. The lowest BCUT2D eigenvalue weighted by Gasteiger charge is -2.14. The maximum atomic E-state index is 13.0. The van der Waals surface area contributed by atoms with E-state index >= 15 is 0 Å². The molecule has 0 aliphatic rings. The van der Waals surface area contributed by atoms with Gasteiger partial charge in [-0.2, -0.15) is 18.3 Å². The maximum Gasteiger partial charge on any atom is 0.418 e. The van der Waals surface area contributed by atoms with Gasteiger partial charge in [0.15, 0.2) is 0 Å². The lowest BCUT2D eigenvalue weighted by Crippen LogP contribution is -2.24. The molecular weight excluding hydrogens is 289 g/mol. The van der Waals surface area contributed by atoms with Crippen molar-refractivity contribution in [3.05, 3.63) is 57.5 Å². The van der Waals surface area contributed by atoms with Crippen molar-refractivity contribution in [2.75, 3.05) is 0 Å². The summed E-state index contributed by atoms with van der Waals surface area (Å²) in [5, 5.41) is 12.4. The van der Waals surface area contributed by atoms with Gasteiger partial charge in [0.25, 0.3) is 0 Å². The fourth-order valence-corrected chi connectivity index (χ4v) is 1.79. The summed E-state index contributed by atoms with van der Waals surface area (Å²) in [5.74, 6) is -1.60. The number of hydrogen-bond acceptors (Lipinski definition) is 3. The van der Waals surface area contributed by atoms with Crippen LogP contribution >= 0.6 is 0 Å². The molecule has 1 aromatic carbocycles. The van der Waals surface area contributed by atoms with Crippen LogP contribution in [0.25, 0.3) is 5.69 Å². The van der Waals surface area contributed by atoms with Crippen molar-refractivity contribution in [3.8, 4) is 5.69 Å². The molecule has 110 valence electrons. The van der Waals surface area contributed by atoms with E-state index in [-0.39, 0.29) is 11.3 Å². The molecule has 2 aromatic rings. The number of alkyl halides is 3. The zero-order valence-electron chi connectivity index (χ0n) is 10.7. The topological polar surface area (TPSA) is 72.2 Å². The highest BCUT2D eigenvalue weighted by Gasteiger charge is 2.34. The molecule has 21 heavy (non-hydrogen) atoms. The van der Waals surface area contributed by atoms with Gasteiger partial charge in [-0.25, -0.2) is 9.48 Å². The molecule has 2 rings (SSSR count). The van der Waals surface area contributed by atoms with E-state index in [1.54, 1.807) is 0 Å². The summed E-state index contributed by atoms with van der Waals surface area (Å²) in [4.78, 5) is 22.5. The lowest BCUT2D eigenvalue weighted by atomic mass is 10.1. The van der Waals surface area contributed by atoms with E-state index in [4.69, 9.17) is 5.11 Å². The minimum absolute atomic E-state index is 0.0145. The van der Waals surface area contributed by atoms with Crippen molar-refractivity contribution in [3.63, 3.8) is 0 Å². The second-order valence-electron chi connectivity index (χ2n) is 4.25. The number of aryl methyl sites for hydroxylation is 1. The van der Waals surface area contributed by atoms with Gasteiger partial charge in [0.05, 0.1) is 11.3 Å². The number of rotatable bonds is 2. The first-order chi connectivity index (χ1) is 9.71. The average Bonchev–Trinajstić information content (AvgIpc) is 2.40. The van der Waals surface area contributed by atoms with E-state index in [0.29, 0.717) is 0 Å². The third-order valence-electron chi connectivity index (χ3n) is 2.76. The van der Waals surface area contributed by atoms with E-state index in [0.717, 1.165) is 23.0 Å². The first-order valence-electron chi connectivity index (χ1n) is 5.72. The number of aromatic carboxylic acids is 1. The highest BCUT2D eigenvalue weighted by Crippen LogP contribution is 2.33. The van der Waals surface area contributed by atoms with E-state index in [9.17, 15) is 22.8 Å². The average molecular weight is 298 g/mol. The number of nitrogens with zero attached hydrogens (tertiary/aromatic N) is 2. The van der Waals surface area contributed by atoms with Crippen LogP contribution in [0.5, 0.6) is 0 Å². The summed E-state index contributed by atoms with van der Waals surface area (Å²) >= 11 is 0. The number of para-hydroxylation sites is 1. The Bertz CT molecular complexity index is 766. The van der Waals surface area contributed by atoms with Crippen LogP contribution in [0.4, 0.5) is 13.2 Å². The summed E-state index contributed by atoms with van der Waals surface area (Å²) < 4.78 is 39.6. The van der Waals surface area contributed by atoms with Gasteiger partial charge in [-0.1, -0.05) is 12.1 Å². The number of halogens is 3. The summed E-state index contributed by atoms with van der Waals surface area (Å²) in [7, 11) is 0. The lowest BCUT2D eigenvalue weighted by molar-refractivity contribution is -0.137. The van der Waals surface area contributed by atoms with Gasteiger partial charge >= 0.3 is 12.1 Å². The highest BCUT2D eigenvalue weighted by atomic mass is 19.4. The smallest absolute Gasteiger partial charge is 0.418 e. The van der Waals surface area contributed by atoms with Gasteiger partial charge in [0, 0.05) is 11.8 Å². The second-order valence-corrected chi connectivity index (χ2v) is 4.25. The molecule has 1 heterocycles. The minimum atomic E-state index is -4.63. The Morgan fingerprint density at radius 3 is 2.48 bits per heavy atom. The van der Waals surface area contributed by atoms with Gasteiger partial charge in [-0.15, -0.1) is 0 Å². The molecule has 0 saturated carbocycles. The van der Waals surface area contributed by atoms with Crippen molar-refractivity contribution in [2.24, 2.45) is 0 Å². The van der Waals surface area contributed by atoms with Gasteiger partial charge in [-0.05, 0) is 19.1 Å². The van der Waals surface area contributed by atoms with Crippen LogP contribution in [0.1, 0.15) is 21.6 Å². The SMILES string of the molecule is Cc1cn(-c2ccccc2C(F)(F)F)nc(C(=O)O)c1=O. The molecule has 0 aliphatic carbocycles. The van der Waals surface area contributed by atoms with E-state index in [1.807, 2.05) is 0 Å². The number of benzene rings is 1. The summed E-state index contributed by atoms with van der Waals surface area (Å²) in [6.45, 7) is 1.31. The zero-order chi connectivity index (χ0) is 15.8. The van der Waals surface area contributed by atoms with E-state index in [1.165, 1.54) is 19.1 Å². The number of carbonyl (C=O) groups is 1. The Balaban J connectivity index is 2.75. The van der Waals surface area contributed by atoms with Gasteiger partial charge in [0.1, 0.15) is 0 Å². The van der Waals surface area contributed by atoms with Crippen LogP contribution in [-0.4, -0.2) is 20.9 Å². The molecule has 0 aliphatic heterocycles. The minimum Gasteiger partial charge on any atom is -0.476 e. The molecule has 0 amide bonds. The monoisotopic (exact) mass is 298 g/mol. The molecule has 0 fully saturated rings. The summed E-state index contributed by atoms with van der Waals surface area (Å²) in [6.07, 6.45) is -3.56. The number of aromatic nitrogens is 2. The number of hydrogen-bond donors (Lipinski definition) is 1. The quantitative estimate of drug-likeness (QED) is 0.923. The molecule has 0 atom stereocenters. The fourth-order valence-electron chi connectivity index (χ4n) is 1.79. The Kier molecular flexibility index (Phi) is 3.54. The van der Waals surface area contributed by atoms with Crippen LogP contribution in [0.15, 0.2) is 35.3 Å². The molecule has 0 spiro atoms. The molecular formula is C13H9F3N2O3. The Morgan fingerprint density at radius 2 is 1.90 bits per heavy atom. The molecule has 0 radical (unpaired) electrons. The van der Waals surface area contributed by atoms with Crippen molar-refractivity contribution in [1.29, 1.82) is 0 Å². The fraction of sp³-hybridized carbons (Fsp3) is 0.154. The third-order valence-corrected chi connectivity index (χ3v) is 2.76. The largest absolute Gasteiger partial charge is 0.476 e. The first kappa shape index (κ1) is 14.8. The molecule has 0 unspecified atom stereocenters. The Labute approximate surface area is 116 Å². The zero-order valence-corrected chi connectivity index (χ0v) is 10.7. The van der Waals surface area contributed by atoms with Crippen LogP contribution in [0.3, 0.4) is 0 Å². The van der Waals surface area contributed by atoms with Crippen molar-refractivity contribution < 1.29 is 23.1 Å². The molecule has 0 bridgehead atoms. The van der Waals surface area contributed by atoms with E-state index < -0.39 is 28.8 Å². The van der Waals surface area contributed by atoms with Crippen LogP contribution in [-0.2, 0) is 6.18 Å². The normalized spacial score (nSPS) is 11.4. The van der Waals surface area contributed by atoms with Crippen LogP contribution < -0.4 is 5.43 Å². The second kappa shape index (κ2) is 5.04. The molecule has 5 nitrogen and oxygen atoms in total. The first-order valence-corrected chi connectivity index (χ1v) is 5.72. The van der Waals surface area contributed by atoms with Crippen LogP contribution in [0, 0.1) is 6.92 Å². The third kappa shape index (κ3) is 2.78. The molecule has 1 aromatic heterocycles. The van der Waals surface area contributed by atoms with Crippen molar-refractivity contribution in [2.45, 2.75) is 13.1 Å². The number of carboxylic acids is 1. The Morgan fingerprint density at radius 1 is 1.29 bits per heavy atom. The highest BCUT2D eigenvalue weighted by molar-refractivity contribution is 5.85. The van der Waals surface area contributed by atoms with E-state index in [2.05, 4.69) is 5.10 Å². The number of carboxylic acid groups (broad SMARTS) is 1. The molecule has 0 saturated heterocycles. The van der Waals surface area contributed by atoms with Crippen LogP contribution in [0.2, 0.25) is 0 Å². The van der Waals surface area contributed by atoms with Gasteiger partial charge < -0.3 is 5.11 Å². The predicted octanol–water partition coefficient (Wildman–Crippen LogP) is 2.26.